The van der Waals surface area contributed by atoms with Gasteiger partial charge in [-0.05, 0) is 29.8 Å². The fraction of sp³-hybridized carbons (Fsp3) is 0.222. The number of amides is 2. The first-order valence-electron chi connectivity index (χ1n) is 7.70. The van der Waals surface area contributed by atoms with Crippen LogP contribution < -0.4 is 15.0 Å². The summed E-state index contributed by atoms with van der Waals surface area (Å²) < 4.78 is 10.3. The molecule has 0 aliphatic carbocycles. The van der Waals surface area contributed by atoms with Gasteiger partial charge in [-0.15, -0.1) is 0 Å². The number of carbonyl (C=O) groups excluding carboxylic acids is 2. The molecule has 3 rings (SSSR count). The molecule has 1 saturated heterocycles. The van der Waals surface area contributed by atoms with Crippen LogP contribution in [0.3, 0.4) is 0 Å². The summed E-state index contributed by atoms with van der Waals surface area (Å²) in [5.74, 6) is 0.348. The fourth-order valence-electron chi connectivity index (χ4n) is 2.40. The van der Waals surface area contributed by atoms with Gasteiger partial charge in [-0.3, -0.25) is 4.79 Å². The molecule has 0 atom stereocenters. The lowest BCUT2D eigenvalue weighted by Gasteiger charge is -2.26. The third-order valence-corrected chi connectivity index (χ3v) is 3.62. The van der Waals surface area contributed by atoms with Gasteiger partial charge in [-0.2, -0.15) is 0 Å². The van der Waals surface area contributed by atoms with Crippen molar-refractivity contribution in [3.63, 3.8) is 0 Å². The van der Waals surface area contributed by atoms with Gasteiger partial charge in [-0.25, -0.2) is 4.79 Å². The van der Waals surface area contributed by atoms with E-state index in [2.05, 4.69) is 5.32 Å². The highest BCUT2D eigenvalue weighted by Crippen LogP contribution is 2.21. The van der Waals surface area contributed by atoms with Crippen LogP contribution in [0.4, 0.5) is 10.5 Å². The lowest BCUT2D eigenvalue weighted by Crippen LogP contribution is -2.41. The van der Waals surface area contributed by atoms with E-state index in [9.17, 15) is 9.59 Å². The van der Waals surface area contributed by atoms with Crippen LogP contribution in [0.25, 0.3) is 0 Å². The van der Waals surface area contributed by atoms with Crippen LogP contribution >= 0.6 is 0 Å². The predicted molar refractivity (Wildman–Crippen MR) is 88.9 cm³/mol. The standard InChI is InChI=1S/C18H18N2O4/c21-17-13-23-11-10-20(17)15-6-8-16(9-7-15)24-18(22)19-12-14-4-2-1-3-5-14/h1-9H,10-13H2,(H,19,22). The van der Waals surface area contributed by atoms with E-state index in [1.807, 2.05) is 30.3 Å². The molecule has 2 aromatic rings. The number of carbonyl (C=O) groups is 2. The second-order valence-corrected chi connectivity index (χ2v) is 5.32. The zero-order valence-electron chi connectivity index (χ0n) is 13.1. The number of benzene rings is 2. The second-order valence-electron chi connectivity index (χ2n) is 5.32. The van der Waals surface area contributed by atoms with E-state index in [1.54, 1.807) is 29.2 Å². The first kappa shape index (κ1) is 16.0. The topological polar surface area (TPSA) is 67.9 Å². The van der Waals surface area contributed by atoms with Gasteiger partial charge < -0.3 is 19.7 Å². The average molecular weight is 326 g/mol. The Morgan fingerprint density at radius 3 is 2.58 bits per heavy atom. The Bertz CT molecular complexity index is 701. The minimum atomic E-state index is -0.519. The molecule has 0 unspecified atom stereocenters. The molecule has 2 amide bonds. The van der Waals surface area contributed by atoms with Crippen molar-refractivity contribution in [2.24, 2.45) is 0 Å². The average Bonchev–Trinajstić information content (AvgIpc) is 2.62. The summed E-state index contributed by atoms with van der Waals surface area (Å²) in [7, 11) is 0. The molecule has 0 aromatic heterocycles. The van der Waals surface area contributed by atoms with Gasteiger partial charge in [0.2, 0.25) is 0 Å². The lowest BCUT2D eigenvalue weighted by molar-refractivity contribution is -0.125. The molecule has 0 spiro atoms. The highest BCUT2D eigenvalue weighted by Gasteiger charge is 2.20. The van der Waals surface area contributed by atoms with Crippen molar-refractivity contribution in [1.82, 2.24) is 5.32 Å². The van der Waals surface area contributed by atoms with E-state index >= 15 is 0 Å². The molecular weight excluding hydrogens is 308 g/mol. The van der Waals surface area contributed by atoms with Gasteiger partial charge >= 0.3 is 6.09 Å². The van der Waals surface area contributed by atoms with Gasteiger partial charge in [0, 0.05) is 18.8 Å². The Morgan fingerprint density at radius 1 is 1.12 bits per heavy atom. The minimum Gasteiger partial charge on any atom is -0.410 e. The molecular formula is C18H18N2O4. The first-order chi connectivity index (χ1) is 11.7. The maximum atomic E-state index is 11.8. The van der Waals surface area contributed by atoms with Gasteiger partial charge in [0.05, 0.1) is 6.61 Å². The number of hydrogen-bond donors (Lipinski definition) is 1. The molecule has 1 heterocycles. The summed E-state index contributed by atoms with van der Waals surface area (Å²) >= 11 is 0. The molecule has 1 aliphatic rings. The fourth-order valence-corrected chi connectivity index (χ4v) is 2.40. The van der Waals surface area contributed by atoms with Crippen LogP contribution in [0.15, 0.2) is 54.6 Å². The molecule has 24 heavy (non-hydrogen) atoms. The van der Waals surface area contributed by atoms with Crippen LogP contribution in [-0.4, -0.2) is 31.8 Å². The van der Waals surface area contributed by atoms with Gasteiger partial charge in [-0.1, -0.05) is 30.3 Å². The number of hydrogen-bond acceptors (Lipinski definition) is 4. The van der Waals surface area contributed by atoms with E-state index in [-0.39, 0.29) is 12.5 Å². The van der Waals surface area contributed by atoms with Crippen LogP contribution in [0, 0.1) is 0 Å². The summed E-state index contributed by atoms with van der Waals surface area (Å²) in [6, 6.07) is 16.4. The van der Waals surface area contributed by atoms with Gasteiger partial charge in [0.1, 0.15) is 12.4 Å². The van der Waals surface area contributed by atoms with E-state index in [4.69, 9.17) is 9.47 Å². The first-order valence-corrected chi connectivity index (χ1v) is 7.70. The normalized spacial score (nSPS) is 14.3. The lowest BCUT2D eigenvalue weighted by atomic mass is 10.2. The summed E-state index contributed by atoms with van der Waals surface area (Å²) in [5.41, 5.74) is 1.76. The minimum absolute atomic E-state index is 0.0736. The molecule has 0 radical (unpaired) electrons. The molecule has 0 bridgehead atoms. The number of morpholine rings is 1. The zero-order valence-corrected chi connectivity index (χ0v) is 13.1. The quantitative estimate of drug-likeness (QED) is 0.936. The Kier molecular flexibility index (Phi) is 5.08. The number of nitrogens with zero attached hydrogens (tertiary/aromatic N) is 1. The van der Waals surface area contributed by atoms with E-state index in [0.717, 1.165) is 11.3 Å². The van der Waals surface area contributed by atoms with Crippen molar-refractivity contribution in [1.29, 1.82) is 0 Å². The van der Waals surface area contributed by atoms with Crippen molar-refractivity contribution in [2.75, 3.05) is 24.7 Å². The Morgan fingerprint density at radius 2 is 1.88 bits per heavy atom. The maximum Gasteiger partial charge on any atom is 0.412 e. The van der Waals surface area contributed by atoms with E-state index in [1.165, 1.54) is 0 Å². The molecule has 0 saturated carbocycles. The van der Waals surface area contributed by atoms with Gasteiger partial charge in [0.15, 0.2) is 0 Å². The van der Waals surface area contributed by atoms with Crippen molar-refractivity contribution in [2.45, 2.75) is 6.54 Å². The summed E-state index contributed by atoms with van der Waals surface area (Å²) in [4.78, 5) is 25.2. The Labute approximate surface area is 140 Å². The molecule has 1 aliphatic heterocycles. The van der Waals surface area contributed by atoms with Crippen molar-refractivity contribution >= 4 is 17.7 Å². The molecule has 2 aromatic carbocycles. The Hall–Kier alpha value is -2.86. The maximum absolute atomic E-state index is 11.8. The van der Waals surface area contributed by atoms with Crippen molar-refractivity contribution < 1.29 is 19.1 Å². The molecule has 1 N–H and O–H groups in total. The van der Waals surface area contributed by atoms with Crippen LogP contribution in [-0.2, 0) is 16.1 Å². The number of nitrogens with one attached hydrogen (secondary N) is 1. The Balaban J connectivity index is 1.54. The molecule has 6 nitrogen and oxygen atoms in total. The second kappa shape index (κ2) is 7.61. The number of anilines is 1. The molecule has 124 valence electrons. The van der Waals surface area contributed by atoms with E-state index in [0.29, 0.717) is 25.4 Å². The molecule has 6 heteroatoms. The third kappa shape index (κ3) is 4.11. The summed E-state index contributed by atoms with van der Waals surface area (Å²) in [6.45, 7) is 1.54. The van der Waals surface area contributed by atoms with E-state index < -0.39 is 6.09 Å². The summed E-state index contributed by atoms with van der Waals surface area (Å²) in [6.07, 6.45) is -0.519. The summed E-state index contributed by atoms with van der Waals surface area (Å²) in [5, 5.41) is 2.69. The highest BCUT2D eigenvalue weighted by atomic mass is 16.6. The monoisotopic (exact) mass is 326 g/mol. The van der Waals surface area contributed by atoms with Crippen molar-refractivity contribution in [3.05, 3.63) is 60.2 Å². The van der Waals surface area contributed by atoms with Crippen LogP contribution in [0.1, 0.15) is 5.56 Å². The highest BCUT2D eigenvalue weighted by molar-refractivity contribution is 5.94. The van der Waals surface area contributed by atoms with Gasteiger partial charge in [0.25, 0.3) is 5.91 Å². The smallest absolute Gasteiger partial charge is 0.410 e. The van der Waals surface area contributed by atoms with Crippen LogP contribution in [0.5, 0.6) is 5.75 Å². The largest absolute Gasteiger partial charge is 0.412 e. The zero-order chi connectivity index (χ0) is 16.8. The molecule has 1 fully saturated rings. The predicted octanol–water partition coefficient (Wildman–Crippen LogP) is 2.34. The SMILES string of the molecule is O=C(NCc1ccccc1)Oc1ccc(N2CCOCC2=O)cc1. The number of ether oxygens (including phenoxy) is 2. The van der Waals surface area contributed by atoms with Crippen molar-refractivity contribution in [3.8, 4) is 5.75 Å². The van der Waals surface area contributed by atoms with Crippen LogP contribution in [0.2, 0.25) is 0 Å². The third-order valence-electron chi connectivity index (χ3n) is 3.62. The number of rotatable bonds is 4.